The molecule has 0 radical (unpaired) electrons. The smallest absolute Gasteiger partial charge is 0.326 e. The highest BCUT2D eigenvalue weighted by Gasteiger charge is 2.36. The summed E-state index contributed by atoms with van der Waals surface area (Å²) in [4.78, 5) is 37.2. The Bertz CT molecular complexity index is 497. The van der Waals surface area contributed by atoms with Gasteiger partial charge >= 0.3 is 5.97 Å². The van der Waals surface area contributed by atoms with Crippen LogP contribution in [0, 0.1) is 0 Å². The van der Waals surface area contributed by atoms with Gasteiger partial charge in [0.25, 0.3) is 0 Å². The van der Waals surface area contributed by atoms with Crippen LogP contribution in [-0.2, 0) is 14.4 Å². The van der Waals surface area contributed by atoms with Crippen LogP contribution >= 0.6 is 0 Å². The molecule has 100 valence electrons. The lowest BCUT2D eigenvalue weighted by molar-refractivity contribution is -0.157. The van der Waals surface area contributed by atoms with E-state index in [2.05, 4.69) is 0 Å². The number of aliphatic carboxylic acids is 1. The Morgan fingerprint density at radius 2 is 1.68 bits per heavy atom. The number of carbonyl (C=O) groups is 3. The van der Waals surface area contributed by atoms with Gasteiger partial charge in [0.1, 0.15) is 6.04 Å². The number of hydrogen-bond acceptors (Lipinski definition) is 4. The van der Waals surface area contributed by atoms with Crippen LogP contribution in [0.25, 0.3) is 0 Å². The topological polar surface area (TPSA) is 77.9 Å². The fourth-order valence-corrected chi connectivity index (χ4v) is 2.04. The van der Waals surface area contributed by atoms with Crippen molar-refractivity contribution in [2.45, 2.75) is 13.0 Å². The molecule has 0 aromatic heterocycles. The third kappa shape index (κ3) is 2.57. The second-order valence-corrected chi connectivity index (χ2v) is 4.36. The summed E-state index contributed by atoms with van der Waals surface area (Å²) in [5.74, 6) is -2.17. The van der Waals surface area contributed by atoms with E-state index in [0.29, 0.717) is 0 Å². The Kier molecular flexibility index (Phi) is 3.50. The summed E-state index contributed by atoms with van der Waals surface area (Å²) in [6.45, 7) is 1.34. The van der Waals surface area contributed by atoms with E-state index < -0.39 is 23.8 Å². The molecule has 1 unspecified atom stereocenters. The van der Waals surface area contributed by atoms with Gasteiger partial charge in [-0.3, -0.25) is 14.5 Å². The van der Waals surface area contributed by atoms with Crippen LogP contribution in [-0.4, -0.2) is 46.9 Å². The van der Waals surface area contributed by atoms with Gasteiger partial charge in [0.2, 0.25) is 11.8 Å². The lowest BCUT2D eigenvalue weighted by Gasteiger charge is -2.35. The molecule has 1 N–H and O–H groups in total. The summed E-state index contributed by atoms with van der Waals surface area (Å²) in [6, 6.07) is 7.95. The number of carboxylic acids is 1. The number of hydrogen-bond donors (Lipinski definition) is 1. The highest BCUT2D eigenvalue weighted by Crippen LogP contribution is 2.18. The van der Waals surface area contributed by atoms with Crippen molar-refractivity contribution >= 4 is 23.5 Å². The highest BCUT2D eigenvalue weighted by atomic mass is 16.4. The Hall–Kier alpha value is -2.37. The van der Waals surface area contributed by atoms with E-state index in [1.165, 1.54) is 6.92 Å². The molecular weight excluding hydrogens is 248 g/mol. The predicted octanol–water partition coefficient (Wildman–Crippen LogP) is 0.335. The van der Waals surface area contributed by atoms with Gasteiger partial charge in [0.15, 0.2) is 0 Å². The lowest BCUT2D eigenvalue weighted by Crippen LogP contribution is -2.58. The molecule has 0 saturated carbocycles. The Labute approximate surface area is 110 Å². The van der Waals surface area contributed by atoms with Gasteiger partial charge < -0.3 is 10.0 Å². The molecule has 1 aliphatic rings. The Balaban J connectivity index is 2.17. The molecule has 1 fully saturated rings. The van der Waals surface area contributed by atoms with E-state index >= 15 is 0 Å². The molecule has 19 heavy (non-hydrogen) atoms. The third-order valence-corrected chi connectivity index (χ3v) is 3.06. The predicted molar refractivity (Wildman–Crippen MR) is 67.6 cm³/mol. The van der Waals surface area contributed by atoms with Crippen LogP contribution in [0.1, 0.15) is 6.92 Å². The molecule has 1 heterocycles. The molecule has 0 aliphatic carbocycles. The quantitative estimate of drug-likeness (QED) is 0.794. The SMILES string of the molecule is CC(C(=O)O)N1C(=O)CN(c2ccccc2)CC1=O. The van der Waals surface area contributed by atoms with Crippen molar-refractivity contribution in [3.63, 3.8) is 0 Å². The van der Waals surface area contributed by atoms with Crippen LogP contribution in [0.2, 0.25) is 0 Å². The second-order valence-electron chi connectivity index (χ2n) is 4.36. The standard InChI is InChI=1S/C13H14N2O4/c1-9(13(18)19)15-11(16)7-14(8-12(15)17)10-5-3-2-4-6-10/h2-6,9H,7-8H2,1H3,(H,18,19). The number of carbonyl (C=O) groups excluding carboxylic acids is 2. The fraction of sp³-hybridized carbons (Fsp3) is 0.308. The fourth-order valence-electron chi connectivity index (χ4n) is 2.04. The van der Waals surface area contributed by atoms with E-state index in [9.17, 15) is 14.4 Å². The summed E-state index contributed by atoms with van der Waals surface area (Å²) >= 11 is 0. The van der Waals surface area contributed by atoms with Gasteiger partial charge in [0.05, 0.1) is 13.1 Å². The number of benzene rings is 1. The number of carboxylic acid groups (broad SMARTS) is 1. The monoisotopic (exact) mass is 262 g/mol. The number of amides is 2. The van der Waals surface area contributed by atoms with Crippen molar-refractivity contribution < 1.29 is 19.5 Å². The maximum atomic E-state index is 11.9. The maximum absolute atomic E-state index is 11.9. The normalized spacial score (nSPS) is 17.5. The maximum Gasteiger partial charge on any atom is 0.326 e. The summed E-state index contributed by atoms with van der Waals surface area (Å²) in [6.07, 6.45) is 0. The first-order valence-electron chi connectivity index (χ1n) is 5.88. The highest BCUT2D eigenvalue weighted by molar-refractivity contribution is 6.05. The molecule has 1 saturated heterocycles. The first kappa shape index (κ1) is 13.1. The van der Waals surface area contributed by atoms with E-state index in [1.807, 2.05) is 18.2 Å². The van der Waals surface area contributed by atoms with Crippen molar-refractivity contribution in [2.75, 3.05) is 18.0 Å². The Morgan fingerprint density at radius 1 is 1.16 bits per heavy atom. The summed E-state index contributed by atoms with van der Waals surface area (Å²) < 4.78 is 0. The number of para-hydroxylation sites is 1. The molecular formula is C13H14N2O4. The first-order valence-corrected chi connectivity index (χ1v) is 5.88. The molecule has 1 aromatic carbocycles. The number of piperazine rings is 1. The number of rotatable bonds is 3. The molecule has 0 bridgehead atoms. The van der Waals surface area contributed by atoms with Crippen molar-refractivity contribution in [2.24, 2.45) is 0 Å². The molecule has 6 nitrogen and oxygen atoms in total. The van der Waals surface area contributed by atoms with Crippen molar-refractivity contribution in [3.05, 3.63) is 30.3 Å². The van der Waals surface area contributed by atoms with Gasteiger partial charge in [-0.1, -0.05) is 18.2 Å². The molecule has 1 atom stereocenters. The summed E-state index contributed by atoms with van der Waals surface area (Å²) in [5.41, 5.74) is 0.770. The van der Waals surface area contributed by atoms with Crippen molar-refractivity contribution in [1.29, 1.82) is 0 Å². The van der Waals surface area contributed by atoms with Crippen LogP contribution in [0.5, 0.6) is 0 Å². The lowest BCUT2D eigenvalue weighted by atomic mass is 10.2. The van der Waals surface area contributed by atoms with Crippen LogP contribution in [0.4, 0.5) is 5.69 Å². The zero-order valence-corrected chi connectivity index (χ0v) is 10.4. The first-order chi connectivity index (χ1) is 9.00. The number of imide groups is 1. The summed E-state index contributed by atoms with van der Waals surface area (Å²) in [7, 11) is 0. The number of nitrogens with zero attached hydrogens (tertiary/aromatic N) is 2. The summed E-state index contributed by atoms with van der Waals surface area (Å²) in [5, 5.41) is 8.89. The molecule has 1 aliphatic heterocycles. The van der Waals surface area contributed by atoms with Gasteiger partial charge in [-0.05, 0) is 19.1 Å². The molecule has 2 amide bonds. The Morgan fingerprint density at radius 3 is 2.16 bits per heavy atom. The molecule has 6 heteroatoms. The zero-order valence-electron chi connectivity index (χ0n) is 10.4. The zero-order chi connectivity index (χ0) is 14.0. The van der Waals surface area contributed by atoms with E-state index in [1.54, 1.807) is 17.0 Å². The van der Waals surface area contributed by atoms with E-state index in [4.69, 9.17) is 5.11 Å². The molecule has 1 aromatic rings. The molecule has 2 rings (SSSR count). The largest absolute Gasteiger partial charge is 0.480 e. The number of anilines is 1. The minimum atomic E-state index is -1.19. The van der Waals surface area contributed by atoms with Crippen LogP contribution in [0.3, 0.4) is 0 Å². The van der Waals surface area contributed by atoms with Crippen molar-refractivity contribution in [1.82, 2.24) is 4.90 Å². The average molecular weight is 262 g/mol. The van der Waals surface area contributed by atoms with Crippen LogP contribution < -0.4 is 4.90 Å². The van der Waals surface area contributed by atoms with Gasteiger partial charge in [-0.25, -0.2) is 4.79 Å². The molecule has 0 spiro atoms. The minimum Gasteiger partial charge on any atom is -0.480 e. The van der Waals surface area contributed by atoms with Gasteiger partial charge in [0, 0.05) is 5.69 Å². The van der Waals surface area contributed by atoms with Gasteiger partial charge in [-0.15, -0.1) is 0 Å². The minimum absolute atomic E-state index is 0.00731. The van der Waals surface area contributed by atoms with E-state index in [0.717, 1.165) is 10.6 Å². The average Bonchev–Trinajstić information content (AvgIpc) is 2.38. The third-order valence-electron chi connectivity index (χ3n) is 3.06. The van der Waals surface area contributed by atoms with Crippen LogP contribution in [0.15, 0.2) is 30.3 Å². The van der Waals surface area contributed by atoms with Crippen molar-refractivity contribution in [3.8, 4) is 0 Å². The van der Waals surface area contributed by atoms with Gasteiger partial charge in [-0.2, -0.15) is 0 Å². The van der Waals surface area contributed by atoms with E-state index in [-0.39, 0.29) is 13.1 Å². The second kappa shape index (κ2) is 5.09.